The molecule has 150 valence electrons. The summed E-state index contributed by atoms with van der Waals surface area (Å²) in [7, 11) is 5.12. The Labute approximate surface area is 171 Å². The van der Waals surface area contributed by atoms with Crippen molar-refractivity contribution < 1.29 is 9.53 Å². The molecule has 1 amide bonds. The van der Waals surface area contributed by atoms with Crippen molar-refractivity contribution in [2.75, 3.05) is 40.0 Å². The van der Waals surface area contributed by atoms with Crippen molar-refractivity contribution in [3.8, 4) is 5.75 Å². The number of ether oxygens (including phenoxy) is 1. The molecule has 0 unspecified atom stereocenters. The molecule has 7 heteroatoms. The van der Waals surface area contributed by atoms with Gasteiger partial charge in [-0.1, -0.05) is 30.3 Å². The normalized spacial score (nSPS) is 11.0. The molecule has 0 radical (unpaired) electrons. The first kappa shape index (κ1) is 21.6. The number of carbonyl (C=O) groups excluding carboxylic acids is 1. The van der Waals surface area contributed by atoms with Gasteiger partial charge in [-0.25, -0.2) is 4.99 Å². The highest BCUT2D eigenvalue weighted by molar-refractivity contribution is 7.99. The Hall–Kier alpha value is -2.67. The Morgan fingerprint density at radius 2 is 1.89 bits per heavy atom. The van der Waals surface area contributed by atoms with Gasteiger partial charge >= 0.3 is 0 Å². The topological polar surface area (TPSA) is 66.0 Å². The van der Waals surface area contributed by atoms with Gasteiger partial charge in [0.25, 0.3) is 0 Å². The largest absolute Gasteiger partial charge is 0.497 e. The Bertz CT molecular complexity index is 766. The SMILES string of the molecule is COc1cccc(CN=C(NCCSc2ccccc2)NCC(=O)N(C)C)c1. The zero-order valence-corrected chi connectivity index (χ0v) is 17.5. The number of nitrogens with one attached hydrogen (secondary N) is 2. The van der Waals surface area contributed by atoms with Gasteiger partial charge in [0, 0.05) is 31.3 Å². The molecule has 2 aromatic carbocycles. The number of likely N-dealkylation sites (N-methyl/N-ethyl adjacent to an activating group) is 1. The average molecular weight is 401 g/mol. The van der Waals surface area contributed by atoms with Gasteiger partial charge < -0.3 is 20.3 Å². The van der Waals surface area contributed by atoms with Crippen molar-refractivity contribution in [2.24, 2.45) is 4.99 Å². The molecule has 2 rings (SSSR count). The molecule has 0 atom stereocenters. The van der Waals surface area contributed by atoms with Gasteiger partial charge in [-0.05, 0) is 29.8 Å². The third-order valence-corrected chi connectivity index (χ3v) is 4.88. The molecule has 0 spiro atoms. The molecule has 0 aromatic heterocycles. The van der Waals surface area contributed by atoms with E-state index in [9.17, 15) is 4.79 Å². The highest BCUT2D eigenvalue weighted by Gasteiger charge is 2.06. The molecular weight excluding hydrogens is 372 g/mol. The van der Waals surface area contributed by atoms with Gasteiger partial charge in [-0.15, -0.1) is 11.8 Å². The van der Waals surface area contributed by atoms with Gasteiger partial charge in [0.15, 0.2) is 5.96 Å². The third kappa shape index (κ3) is 7.92. The second-order valence-electron chi connectivity index (χ2n) is 6.25. The minimum absolute atomic E-state index is 0.00505. The molecule has 2 N–H and O–H groups in total. The van der Waals surface area contributed by atoms with Crippen LogP contribution in [0.5, 0.6) is 5.75 Å². The third-order valence-electron chi connectivity index (χ3n) is 3.87. The standard InChI is InChI=1S/C21H28N4O2S/c1-25(2)20(26)16-24-21(22-12-13-28-19-10-5-4-6-11-19)23-15-17-8-7-9-18(14-17)27-3/h4-11,14H,12-13,15-16H2,1-3H3,(H2,22,23,24). The van der Waals surface area contributed by atoms with Crippen molar-refractivity contribution in [3.63, 3.8) is 0 Å². The summed E-state index contributed by atoms with van der Waals surface area (Å²) in [5.41, 5.74) is 1.04. The number of thioether (sulfide) groups is 1. The number of amides is 1. The molecule has 0 saturated heterocycles. The highest BCUT2D eigenvalue weighted by Crippen LogP contribution is 2.16. The second-order valence-corrected chi connectivity index (χ2v) is 7.41. The molecule has 0 fully saturated rings. The summed E-state index contributed by atoms with van der Waals surface area (Å²) < 4.78 is 5.26. The monoisotopic (exact) mass is 400 g/mol. The summed E-state index contributed by atoms with van der Waals surface area (Å²) in [4.78, 5) is 19.3. The predicted octanol–water partition coefficient (Wildman–Crippen LogP) is 2.61. The van der Waals surface area contributed by atoms with Crippen LogP contribution < -0.4 is 15.4 Å². The summed E-state index contributed by atoms with van der Waals surface area (Å²) in [5, 5.41) is 6.40. The number of benzene rings is 2. The minimum Gasteiger partial charge on any atom is -0.497 e. The molecule has 6 nitrogen and oxygen atoms in total. The molecule has 28 heavy (non-hydrogen) atoms. The van der Waals surface area contributed by atoms with Crippen molar-refractivity contribution in [3.05, 3.63) is 60.2 Å². The first-order valence-corrected chi connectivity index (χ1v) is 10.1. The van der Waals surface area contributed by atoms with Crippen molar-refractivity contribution >= 4 is 23.6 Å². The Morgan fingerprint density at radius 3 is 2.61 bits per heavy atom. The van der Waals surface area contributed by atoms with Crippen LogP contribution in [0.4, 0.5) is 0 Å². The highest BCUT2D eigenvalue weighted by atomic mass is 32.2. The van der Waals surface area contributed by atoms with Crippen LogP contribution in [0.2, 0.25) is 0 Å². The smallest absolute Gasteiger partial charge is 0.241 e. The summed E-state index contributed by atoms with van der Waals surface area (Å²) >= 11 is 1.77. The number of carbonyl (C=O) groups is 1. The van der Waals surface area contributed by atoms with Crippen molar-refractivity contribution in [1.29, 1.82) is 0 Å². The maximum atomic E-state index is 11.9. The first-order chi connectivity index (χ1) is 13.6. The Kier molecular flexibility index (Phi) is 9.21. The van der Waals surface area contributed by atoms with Crippen molar-refractivity contribution in [2.45, 2.75) is 11.4 Å². The maximum Gasteiger partial charge on any atom is 0.241 e. The summed E-state index contributed by atoms with van der Waals surface area (Å²) in [6, 6.07) is 18.1. The molecule has 0 saturated carbocycles. The van der Waals surface area contributed by atoms with Crippen LogP contribution in [0, 0.1) is 0 Å². The van der Waals surface area contributed by atoms with E-state index in [-0.39, 0.29) is 12.5 Å². The summed E-state index contributed by atoms with van der Waals surface area (Å²) in [6.45, 7) is 1.43. The van der Waals surface area contributed by atoms with E-state index < -0.39 is 0 Å². The number of hydrogen-bond donors (Lipinski definition) is 2. The summed E-state index contributed by atoms with van der Waals surface area (Å²) in [5.74, 6) is 2.31. The van der Waals surface area contributed by atoms with E-state index in [2.05, 4.69) is 27.8 Å². The molecule has 0 bridgehead atoms. The molecule has 0 heterocycles. The van der Waals surface area contributed by atoms with Gasteiger partial charge in [0.05, 0.1) is 20.2 Å². The predicted molar refractivity (Wildman–Crippen MR) is 116 cm³/mol. The number of aliphatic imine (C=N–C) groups is 1. The van der Waals surface area contributed by atoms with E-state index >= 15 is 0 Å². The van der Waals surface area contributed by atoms with Crippen LogP contribution in [0.1, 0.15) is 5.56 Å². The van der Waals surface area contributed by atoms with Gasteiger partial charge in [-0.3, -0.25) is 4.79 Å². The lowest BCUT2D eigenvalue weighted by Crippen LogP contribution is -2.43. The van der Waals surface area contributed by atoms with Gasteiger partial charge in [-0.2, -0.15) is 0 Å². The zero-order valence-electron chi connectivity index (χ0n) is 16.6. The fraction of sp³-hybridized carbons (Fsp3) is 0.333. The van der Waals surface area contributed by atoms with Gasteiger partial charge in [0.2, 0.25) is 5.91 Å². The van der Waals surface area contributed by atoms with Crippen molar-refractivity contribution in [1.82, 2.24) is 15.5 Å². The average Bonchev–Trinajstić information content (AvgIpc) is 2.73. The molecule has 2 aromatic rings. The lowest BCUT2D eigenvalue weighted by molar-refractivity contribution is -0.127. The van der Waals surface area contributed by atoms with E-state index in [1.165, 1.54) is 4.90 Å². The van der Waals surface area contributed by atoms with Gasteiger partial charge in [0.1, 0.15) is 5.75 Å². The van der Waals surface area contributed by atoms with E-state index in [1.807, 2.05) is 42.5 Å². The fourth-order valence-electron chi connectivity index (χ4n) is 2.29. The van der Waals surface area contributed by atoms with E-state index in [1.54, 1.807) is 37.9 Å². The maximum absolute atomic E-state index is 11.9. The van der Waals surface area contributed by atoms with E-state index in [0.29, 0.717) is 12.5 Å². The Morgan fingerprint density at radius 1 is 1.11 bits per heavy atom. The lowest BCUT2D eigenvalue weighted by atomic mass is 10.2. The number of hydrogen-bond acceptors (Lipinski definition) is 4. The summed E-state index contributed by atoms with van der Waals surface area (Å²) in [6.07, 6.45) is 0. The number of guanidine groups is 1. The number of methoxy groups -OCH3 is 1. The minimum atomic E-state index is -0.00505. The number of nitrogens with zero attached hydrogens (tertiary/aromatic N) is 2. The van der Waals surface area contributed by atoms with E-state index in [0.717, 1.165) is 23.6 Å². The van der Waals surface area contributed by atoms with Crippen LogP contribution >= 0.6 is 11.8 Å². The Balaban J connectivity index is 1.91. The molecule has 0 aliphatic heterocycles. The molecule has 0 aliphatic rings. The number of rotatable bonds is 9. The lowest BCUT2D eigenvalue weighted by Gasteiger charge is -2.15. The first-order valence-electron chi connectivity index (χ1n) is 9.11. The van der Waals surface area contributed by atoms with Crippen LogP contribution in [0.25, 0.3) is 0 Å². The zero-order chi connectivity index (χ0) is 20.2. The second kappa shape index (κ2) is 11.9. The van der Waals surface area contributed by atoms with E-state index in [4.69, 9.17) is 4.74 Å². The fourth-order valence-corrected chi connectivity index (χ4v) is 3.08. The molecular formula is C21H28N4O2S. The van der Waals surface area contributed by atoms with Crippen LogP contribution in [-0.2, 0) is 11.3 Å². The molecule has 0 aliphatic carbocycles. The van der Waals surface area contributed by atoms with Crippen LogP contribution in [0.3, 0.4) is 0 Å². The van der Waals surface area contributed by atoms with Crippen LogP contribution in [-0.4, -0.2) is 56.8 Å². The van der Waals surface area contributed by atoms with Crippen LogP contribution in [0.15, 0.2) is 64.5 Å². The quantitative estimate of drug-likeness (QED) is 0.293.